The minimum Gasteiger partial charge on any atom is -0.508 e. The maximum atomic E-state index is 9.68. The van der Waals surface area contributed by atoms with Crippen LogP contribution in [0, 0.1) is 6.07 Å². The van der Waals surface area contributed by atoms with Crippen molar-refractivity contribution < 1.29 is 19.7 Å². The van der Waals surface area contributed by atoms with E-state index in [1.54, 1.807) is 12.1 Å². The number of likely N-dealkylation sites (tertiary alicyclic amines) is 1. The molecular weight excluding hydrogens is 294 g/mol. The lowest BCUT2D eigenvalue weighted by molar-refractivity contribution is 0.237. The summed E-state index contributed by atoms with van der Waals surface area (Å²) < 4.78 is 11.2. The number of nitrogens with zero attached hydrogens (tertiary/aromatic N) is 1. The molecule has 121 valence electrons. The third-order valence-corrected chi connectivity index (χ3v) is 3.79. The van der Waals surface area contributed by atoms with E-state index in [1.807, 2.05) is 12.1 Å². The van der Waals surface area contributed by atoms with Crippen LogP contribution in [0.1, 0.15) is 12.8 Å². The highest BCUT2D eigenvalue weighted by Crippen LogP contribution is 2.33. The van der Waals surface area contributed by atoms with E-state index in [9.17, 15) is 10.2 Å². The average Bonchev–Trinajstić information content (AvgIpc) is 3.05. The van der Waals surface area contributed by atoms with Gasteiger partial charge in [0, 0.05) is 18.7 Å². The monoisotopic (exact) mass is 314 g/mol. The molecule has 3 rings (SSSR count). The largest absolute Gasteiger partial charge is 0.508 e. The molecule has 1 aliphatic rings. The molecule has 0 aromatic heterocycles. The first kappa shape index (κ1) is 15.5. The van der Waals surface area contributed by atoms with Crippen molar-refractivity contribution in [1.29, 1.82) is 0 Å². The van der Waals surface area contributed by atoms with Gasteiger partial charge >= 0.3 is 0 Å². The summed E-state index contributed by atoms with van der Waals surface area (Å²) in [6.45, 7) is 3.97. The molecule has 0 spiro atoms. The first-order chi connectivity index (χ1) is 11.2. The van der Waals surface area contributed by atoms with E-state index in [4.69, 9.17) is 9.47 Å². The van der Waals surface area contributed by atoms with Gasteiger partial charge in [-0.3, -0.25) is 4.90 Å². The van der Waals surface area contributed by atoms with Crippen molar-refractivity contribution in [3.8, 4) is 28.7 Å². The summed E-state index contributed by atoms with van der Waals surface area (Å²) in [6, 6.07) is 12.4. The van der Waals surface area contributed by atoms with Gasteiger partial charge in [-0.05, 0) is 56.3 Å². The number of hydrogen-bond acceptors (Lipinski definition) is 5. The van der Waals surface area contributed by atoms with Gasteiger partial charge < -0.3 is 19.7 Å². The quantitative estimate of drug-likeness (QED) is 0.857. The SMILES string of the molecule is Oc1c[c]c(Oc2ccc(OCCN3CCCC3)cc2)c(O)c1. The zero-order valence-corrected chi connectivity index (χ0v) is 12.9. The first-order valence-electron chi connectivity index (χ1n) is 7.77. The summed E-state index contributed by atoms with van der Waals surface area (Å²) in [5.41, 5.74) is 0. The van der Waals surface area contributed by atoms with Crippen LogP contribution < -0.4 is 9.47 Å². The number of rotatable bonds is 6. The van der Waals surface area contributed by atoms with Gasteiger partial charge in [0.2, 0.25) is 0 Å². The Morgan fingerprint density at radius 3 is 2.43 bits per heavy atom. The standard InChI is InChI=1S/C18H20NO4/c20-14-3-8-18(17(21)13-14)23-16-6-4-15(5-7-16)22-12-11-19-9-1-2-10-19/h3-7,13,20-21H,1-2,9-12H2. The van der Waals surface area contributed by atoms with Gasteiger partial charge in [0.25, 0.3) is 0 Å². The topological polar surface area (TPSA) is 62.2 Å². The third kappa shape index (κ3) is 4.29. The van der Waals surface area contributed by atoms with Crippen molar-refractivity contribution in [2.75, 3.05) is 26.2 Å². The molecule has 1 radical (unpaired) electrons. The van der Waals surface area contributed by atoms with E-state index >= 15 is 0 Å². The highest BCUT2D eigenvalue weighted by atomic mass is 16.5. The number of phenolic OH excluding ortho intramolecular Hbond substituents is 2. The average molecular weight is 314 g/mol. The molecule has 23 heavy (non-hydrogen) atoms. The Hall–Kier alpha value is -2.40. The summed E-state index contributed by atoms with van der Waals surface area (Å²) in [5, 5.41) is 18.9. The molecule has 0 atom stereocenters. The molecule has 0 unspecified atom stereocenters. The van der Waals surface area contributed by atoms with Crippen LogP contribution in [0.2, 0.25) is 0 Å². The highest BCUT2D eigenvalue weighted by molar-refractivity contribution is 5.45. The minimum atomic E-state index is -0.157. The molecular formula is C18H20NO4. The molecule has 5 nitrogen and oxygen atoms in total. The van der Waals surface area contributed by atoms with Gasteiger partial charge in [0.15, 0.2) is 11.5 Å². The Labute approximate surface area is 135 Å². The summed E-state index contributed by atoms with van der Waals surface area (Å²) >= 11 is 0. The van der Waals surface area contributed by atoms with E-state index < -0.39 is 0 Å². The second kappa shape index (κ2) is 7.24. The van der Waals surface area contributed by atoms with Crippen LogP contribution in [-0.2, 0) is 0 Å². The lowest BCUT2D eigenvalue weighted by atomic mass is 10.3. The van der Waals surface area contributed by atoms with E-state index in [-0.39, 0.29) is 17.2 Å². The number of hydrogen-bond donors (Lipinski definition) is 2. The van der Waals surface area contributed by atoms with Crippen LogP contribution in [0.15, 0.2) is 36.4 Å². The van der Waals surface area contributed by atoms with Gasteiger partial charge in [0.1, 0.15) is 23.9 Å². The zero-order chi connectivity index (χ0) is 16.1. The normalized spacial score (nSPS) is 14.8. The fraction of sp³-hybridized carbons (Fsp3) is 0.333. The van der Waals surface area contributed by atoms with Crippen LogP contribution in [0.25, 0.3) is 0 Å². The van der Waals surface area contributed by atoms with Gasteiger partial charge in [0.05, 0.1) is 0 Å². The van der Waals surface area contributed by atoms with E-state index in [1.165, 1.54) is 38.1 Å². The molecule has 0 amide bonds. The maximum Gasteiger partial charge on any atom is 0.177 e. The Balaban J connectivity index is 1.52. The van der Waals surface area contributed by atoms with Gasteiger partial charge in [-0.25, -0.2) is 0 Å². The van der Waals surface area contributed by atoms with Crippen LogP contribution in [0.3, 0.4) is 0 Å². The Bertz CT molecular complexity index is 636. The number of ether oxygens (including phenoxy) is 2. The Kier molecular flexibility index (Phi) is 4.88. The smallest absolute Gasteiger partial charge is 0.177 e. The molecule has 5 heteroatoms. The van der Waals surface area contributed by atoms with E-state index in [0.29, 0.717) is 12.4 Å². The Morgan fingerprint density at radius 1 is 1.04 bits per heavy atom. The number of phenols is 2. The molecule has 1 aliphatic heterocycles. The predicted molar refractivity (Wildman–Crippen MR) is 86.3 cm³/mol. The van der Waals surface area contributed by atoms with Crippen LogP contribution in [-0.4, -0.2) is 41.4 Å². The van der Waals surface area contributed by atoms with Gasteiger partial charge in [-0.2, -0.15) is 0 Å². The van der Waals surface area contributed by atoms with E-state index in [0.717, 1.165) is 12.3 Å². The molecule has 0 aliphatic carbocycles. The summed E-state index contributed by atoms with van der Waals surface area (Å²) in [5.74, 6) is 1.31. The second-order valence-corrected chi connectivity index (χ2v) is 5.54. The first-order valence-corrected chi connectivity index (χ1v) is 7.77. The molecule has 2 aromatic rings. The van der Waals surface area contributed by atoms with Crippen LogP contribution >= 0.6 is 0 Å². The highest BCUT2D eigenvalue weighted by Gasteiger charge is 2.11. The Morgan fingerprint density at radius 2 is 1.74 bits per heavy atom. The van der Waals surface area contributed by atoms with Crippen molar-refractivity contribution in [3.05, 3.63) is 42.5 Å². The molecule has 2 aromatic carbocycles. The van der Waals surface area contributed by atoms with Crippen molar-refractivity contribution in [2.45, 2.75) is 12.8 Å². The minimum absolute atomic E-state index is 0.0587. The van der Waals surface area contributed by atoms with Crippen molar-refractivity contribution in [1.82, 2.24) is 4.90 Å². The second-order valence-electron chi connectivity index (χ2n) is 5.54. The van der Waals surface area contributed by atoms with Gasteiger partial charge in [-0.15, -0.1) is 0 Å². The van der Waals surface area contributed by atoms with Crippen molar-refractivity contribution >= 4 is 0 Å². The lowest BCUT2D eigenvalue weighted by Gasteiger charge is -2.15. The van der Waals surface area contributed by atoms with Crippen molar-refractivity contribution in [2.24, 2.45) is 0 Å². The maximum absolute atomic E-state index is 9.68. The van der Waals surface area contributed by atoms with Gasteiger partial charge in [-0.1, -0.05) is 0 Å². The summed E-state index contributed by atoms with van der Waals surface area (Å²) in [4.78, 5) is 2.40. The fourth-order valence-corrected chi connectivity index (χ4v) is 2.56. The third-order valence-electron chi connectivity index (χ3n) is 3.79. The summed E-state index contributed by atoms with van der Waals surface area (Å²) in [6.07, 6.45) is 2.57. The number of aromatic hydroxyl groups is 2. The predicted octanol–water partition coefficient (Wildman–Crippen LogP) is 3.16. The summed E-state index contributed by atoms with van der Waals surface area (Å²) in [7, 11) is 0. The van der Waals surface area contributed by atoms with Crippen LogP contribution in [0.4, 0.5) is 0 Å². The van der Waals surface area contributed by atoms with Crippen molar-refractivity contribution in [3.63, 3.8) is 0 Å². The van der Waals surface area contributed by atoms with E-state index in [2.05, 4.69) is 11.0 Å². The molecule has 1 heterocycles. The van der Waals surface area contributed by atoms with Crippen LogP contribution in [0.5, 0.6) is 28.7 Å². The molecule has 1 saturated heterocycles. The lowest BCUT2D eigenvalue weighted by Crippen LogP contribution is -2.25. The fourth-order valence-electron chi connectivity index (χ4n) is 2.56. The molecule has 0 saturated carbocycles. The zero-order valence-electron chi connectivity index (χ0n) is 12.9. The molecule has 0 bridgehead atoms. The number of benzene rings is 2. The molecule has 2 N–H and O–H groups in total. The molecule has 1 fully saturated rings.